The second-order valence-electron chi connectivity index (χ2n) is 7.79. The predicted molar refractivity (Wildman–Crippen MR) is 107 cm³/mol. The summed E-state index contributed by atoms with van der Waals surface area (Å²) in [7, 11) is 0. The van der Waals surface area contributed by atoms with Crippen LogP contribution in [0.5, 0.6) is 0 Å². The Hall–Kier alpha value is -2.30. The molecule has 1 atom stereocenters. The molecule has 0 bridgehead atoms. The molecule has 0 saturated heterocycles. The van der Waals surface area contributed by atoms with Gasteiger partial charge in [-0.3, -0.25) is 4.79 Å². The summed E-state index contributed by atoms with van der Waals surface area (Å²) in [5.74, 6) is -0.592. The monoisotopic (exact) mass is 372 g/mol. The van der Waals surface area contributed by atoms with Crippen molar-refractivity contribution in [2.24, 2.45) is 5.92 Å². The average Bonchev–Trinajstić information content (AvgIpc) is 2.61. The molecule has 1 heterocycles. The lowest BCUT2D eigenvalue weighted by molar-refractivity contribution is -0.137. The first kappa shape index (κ1) is 21.0. The van der Waals surface area contributed by atoms with Crippen LogP contribution in [0.2, 0.25) is 0 Å². The number of carboxylic acids is 1. The number of nitrogens with one attached hydrogen (secondary N) is 1. The summed E-state index contributed by atoms with van der Waals surface area (Å²) in [5.41, 5.74) is 2.95. The summed E-state index contributed by atoms with van der Waals surface area (Å²) in [4.78, 5) is 25.0. The Kier molecular flexibility index (Phi) is 7.05. The Morgan fingerprint density at radius 2 is 1.89 bits per heavy atom. The Balaban J connectivity index is 2.26. The molecule has 0 aliphatic carbocycles. The average molecular weight is 373 g/mol. The molecule has 0 saturated carbocycles. The number of aliphatic carboxylic acids is 1. The first-order chi connectivity index (χ1) is 12.8. The molecule has 5 heteroatoms. The summed E-state index contributed by atoms with van der Waals surface area (Å²) < 4.78 is 0. The molecule has 2 rings (SSSR count). The molecule has 2 N–H and O–H groups in total. The Bertz CT molecular complexity index is 694. The number of amides is 2. The standard InChI is InChI=1S/C22H32N2O3/c1-5-6-8-17-10-12-18(13-11-17)22(4)19(16(2)3)15-24(21(27)23-22)14-7-9-20(25)26/h10-13,15-16H,5-9,14H2,1-4H3,(H,23,27)(H,25,26). The maximum atomic E-state index is 12.7. The molecule has 5 nitrogen and oxygen atoms in total. The molecule has 1 unspecified atom stereocenters. The molecule has 27 heavy (non-hydrogen) atoms. The molecule has 0 fully saturated rings. The third-order valence-corrected chi connectivity index (χ3v) is 5.25. The fourth-order valence-electron chi connectivity index (χ4n) is 3.63. The van der Waals surface area contributed by atoms with Crippen molar-refractivity contribution in [1.82, 2.24) is 10.2 Å². The molecule has 1 aliphatic rings. The van der Waals surface area contributed by atoms with E-state index in [4.69, 9.17) is 5.11 Å². The van der Waals surface area contributed by atoms with Gasteiger partial charge in [-0.25, -0.2) is 4.79 Å². The summed E-state index contributed by atoms with van der Waals surface area (Å²) in [6, 6.07) is 8.35. The van der Waals surface area contributed by atoms with Crippen LogP contribution >= 0.6 is 0 Å². The van der Waals surface area contributed by atoms with E-state index in [9.17, 15) is 9.59 Å². The molecule has 0 radical (unpaired) electrons. The van der Waals surface area contributed by atoms with Gasteiger partial charge in [0.2, 0.25) is 0 Å². The second kappa shape index (κ2) is 9.07. The normalized spacial score (nSPS) is 19.8. The largest absolute Gasteiger partial charge is 0.481 e. The van der Waals surface area contributed by atoms with Crippen LogP contribution in [0.15, 0.2) is 36.0 Å². The van der Waals surface area contributed by atoms with E-state index in [1.54, 1.807) is 4.90 Å². The van der Waals surface area contributed by atoms with Crippen molar-refractivity contribution in [3.63, 3.8) is 0 Å². The number of carboxylic acid groups (broad SMARTS) is 1. The van der Waals surface area contributed by atoms with Gasteiger partial charge in [0.25, 0.3) is 0 Å². The van der Waals surface area contributed by atoms with Crippen molar-refractivity contribution >= 4 is 12.0 Å². The van der Waals surface area contributed by atoms with Crippen LogP contribution in [-0.4, -0.2) is 28.6 Å². The molecule has 1 aromatic rings. The fraction of sp³-hybridized carbons (Fsp3) is 0.545. The van der Waals surface area contributed by atoms with Gasteiger partial charge in [0.05, 0.1) is 5.54 Å². The van der Waals surface area contributed by atoms with Crippen LogP contribution in [0.25, 0.3) is 0 Å². The number of urea groups is 1. The lowest BCUT2D eigenvalue weighted by Crippen LogP contribution is -2.54. The first-order valence-corrected chi connectivity index (χ1v) is 9.90. The number of aryl methyl sites for hydroxylation is 1. The number of carbonyl (C=O) groups is 2. The van der Waals surface area contributed by atoms with Crippen molar-refractivity contribution < 1.29 is 14.7 Å². The zero-order valence-corrected chi connectivity index (χ0v) is 16.9. The number of unbranched alkanes of at least 4 members (excludes halogenated alkanes) is 1. The minimum Gasteiger partial charge on any atom is -0.481 e. The highest BCUT2D eigenvalue weighted by molar-refractivity contribution is 5.79. The first-order valence-electron chi connectivity index (χ1n) is 9.90. The van der Waals surface area contributed by atoms with E-state index >= 15 is 0 Å². The van der Waals surface area contributed by atoms with Gasteiger partial charge in [0.1, 0.15) is 0 Å². The van der Waals surface area contributed by atoms with E-state index < -0.39 is 11.5 Å². The van der Waals surface area contributed by atoms with Crippen LogP contribution in [0.1, 0.15) is 64.5 Å². The SMILES string of the molecule is CCCCc1ccc(C2(C)NC(=O)N(CCCC(=O)O)C=C2C(C)C)cc1. The van der Waals surface area contributed by atoms with Gasteiger partial charge in [-0.2, -0.15) is 0 Å². The van der Waals surface area contributed by atoms with Gasteiger partial charge < -0.3 is 15.3 Å². The zero-order chi connectivity index (χ0) is 20.0. The van der Waals surface area contributed by atoms with Crippen LogP contribution in [0, 0.1) is 5.92 Å². The fourth-order valence-corrected chi connectivity index (χ4v) is 3.63. The van der Waals surface area contributed by atoms with E-state index in [1.165, 1.54) is 18.4 Å². The smallest absolute Gasteiger partial charge is 0.322 e. The van der Waals surface area contributed by atoms with E-state index in [2.05, 4.69) is 50.4 Å². The summed E-state index contributed by atoms with van der Waals surface area (Å²) >= 11 is 0. The van der Waals surface area contributed by atoms with Gasteiger partial charge in [-0.15, -0.1) is 0 Å². The lowest BCUT2D eigenvalue weighted by Gasteiger charge is -2.42. The van der Waals surface area contributed by atoms with Crippen LogP contribution < -0.4 is 5.32 Å². The summed E-state index contributed by atoms with van der Waals surface area (Å²) in [6.07, 6.45) is 5.84. The van der Waals surface area contributed by atoms with Gasteiger partial charge >= 0.3 is 12.0 Å². The van der Waals surface area contributed by atoms with E-state index in [0.29, 0.717) is 13.0 Å². The molecule has 0 spiro atoms. The quantitative estimate of drug-likeness (QED) is 0.661. The highest BCUT2D eigenvalue weighted by Gasteiger charge is 2.39. The van der Waals surface area contributed by atoms with Gasteiger partial charge in [-0.05, 0) is 48.8 Å². The topological polar surface area (TPSA) is 69.6 Å². The minimum atomic E-state index is -0.839. The maximum absolute atomic E-state index is 12.7. The van der Waals surface area contributed by atoms with Gasteiger partial charge in [0.15, 0.2) is 0 Å². The van der Waals surface area contributed by atoms with Crippen molar-refractivity contribution in [2.45, 2.75) is 65.3 Å². The third kappa shape index (κ3) is 5.12. The number of benzene rings is 1. The highest BCUT2D eigenvalue weighted by atomic mass is 16.4. The maximum Gasteiger partial charge on any atom is 0.322 e. The molecular weight excluding hydrogens is 340 g/mol. The molecule has 1 aliphatic heterocycles. The Morgan fingerprint density at radius 1 is 1.22 bits per heavy atom. The van der Waals surface area contributed by atoms with Gasteiger partial charge in [0, 0.05) is 19.2 Å². The third-order valence-electron chi connectivity index (χ3n) is 5.25. The van der Waals surface area contributed by atoms with Crippen LogP contribution in [0.3, 0.4) is 0 Å². The number of hydrogen-bond donors (Lipinski definition) is 2. The van der Waals surface area contributed by atoms with Crippen molar-refractivity contribution in [2.75, 3.05) is 6.54 Å². The lowest BCUT2D eigenvalue weighted by atomic mass is 9.78. The minimum absolute atomic E-state index is 0.0606. The molecule has 148 valence electrons. The van der Waals surface area contributed by atoms with E-state index in [1.807, 2.05) is 13.1 Å². The second-order valence-corrected chi connectivity index (χ2v) is 7.79. The van der Waals surface area contributed by atoms with Crippen molar-refractivity contribution in [3.8, 4) is 0 Å². The zero-order valence-electron chi connectivity index (χ0n) is 16.9. The van der Waals surface area contributed by atoms with E-state index in [-0.39, 0.29) is 18.4 Å². The summed E-state index contributed by atoms with van der Waals surface area (Å²) in [6.45, 7) is 8.88. The highest BCUT2D eigenvalue weighted by Crippen LogP contribution is 2.37. The van der Waals surface area contributed by atoms with Crippen LogP contribution in [0.4, 0.5) is 4.79 Å². The number of nitrogens with zero attached hydrogens (tertiary/aromatic N) is 1. The Labute approximate surface area is 162 Å². The molecule has 0 aromatic heterocycles. The van der Waals surface area contributed by atoms with Crippen molar-refractivity contribution in [3.05, 3.63) is 47.2 Å². The molecule has 2 amide bonds. The Morgan fingerprint density at radius 3 is 2.44 bits per heavy atom. The van der Waals surface area contributed by atoms with Crippen molar-refractivity contribution in [1.29, 1.82) is 0 Å². The van der Waals surface area contributed by atoms with Gasteiger partial charge in [-0.1, -0.05) is 51.5 Å². The molecule has 1 aromatic carbocycles. The predicted octanol–water partition coefficient (Wildman–Crippen LogP) is 4.67. The summed E-state index contributed by atoms with van der Waals surface area (Å²) in [5, 5.41) is 12.0. The van der Waals surface area contributed by atoms with E-state index in [0.717, 1.165) is 17.6 Å². The van der Waals surface area contributed by atoms with Crippen LogP contribution in [-0.2, 0) is 16.8 Å². The number of rotatable bonds is 9. The number of carbonyl (C=O) groups excluding carboxylic acids is 1. The molecular formula is C22H32N2O3. The number of hydrogen-bond acceptors (Lipinski definition) is 2.